The first-order valence-corrected chi connectivity index (χ1v) is 6.90. The molecule has 1 aliphatic rings. The summed E-state index contributed by atoms with van der Waals surface area (Å²) >= 11 is 3.35. The lowest BCUT2D eigenvalue weighted by molar-refractivity contribution is 0.333. The lowest BCUT2D eigenvalue weighted by atomic mass is 9.85. The van der Waals surface area contributed by atoms with Crippen LogP contribution < -0.4 is 10.9 Å². The number of hydrogen-bond acceptors (Lipinski definition) is 3. The van der Waals surface area contributed by atoms with Crippen LogP contribution in [0.4, 0.5) is 5.69 Å². The Kier molecular flexibility index (Phi) is 3.86. The topological polar surface area (TPSA) is 46.9 Å². The molecule has 1 aromatic rings. The maximum Gasteiger partial charge on any atom is 0.283 e. The largest absolute Gasteiger partial charge is 0.382 e. The zero-order valence-electron chi connectivity index (χ0n) is 10.2. The molecule has 17 heavy (non-hydrogen) atoms. The molecular formula is C12H18BrN3O. The van der Waals surface area contributed by atoms with Gasteiger partial charge in [-0.15, -0.1) is 0 Å². The smallest absolute Gasteiger partial charge is 0.283 e. The average molecular weight is 300 g/mol. The van der Waals surface area contributed by atoms with Crippen LogP contribution in [-0.2, 0) is 0 Å². The summed E-state index contributed by atoms with van der Waals surface area (Å²) in [5.41, 5.74) is 0.734. The van der Waals surface area contributed by atoms with E-state index >= 15 is 0 Å². The molecule has 1 saturated carbocycles. The van der Waals surface area contributed by atoms with Crippen LogP contribution in [0.1, 0.15) is 39.2 Å². The third-order valence-electron chi connectivity index (χ3n) is 3.24. The zero-order valence-corrected chi connectivity index (χ0v) is 11.8. The van der Waals surface area contributed by atoms with Crippen LogP contribution in [0, 0.1) is 5.92 Å². The van der Waals surface area contributed by atoms with Gasteiger partial charge >= 0.3 is 0 Å². The van der Waals surface area contributed by atoms with Crippen LogP contribution in [0.5, 0.6) is 0 Å². The van der Waals surface area contributed by atoms with Crippen LogP contribution in [0.3, 0.4) is 0 Å². The first-order valence-electron chi connectivity index (χ1n) is 6.10. The van der Waals surface area contributed by atoms with E-state index in [9.17, 15) is 4.79 Å². The lowest BCUT2D eigenvalue weighted by Crippen LogP contribution is -2.27. The maximum atomic E-state index is 12.0. The highest BCUT2D eigenvalue weighted by atomic mass is 79.9. The normalized spacial score (nSPS) is 16.0. The van der Waals surface area contributed by atoms with Crippen molar-refractivity contribution in [3.8, 4) is 0 Å². The minimum Gasteiger partial charge on any atom is -0.382 e. The van der Waals surface area contributed by atoms with Crippen molar-refractivity contribution in [2.75, 3.05) is 11.9 Å². The van der Waals surface area contributed by atoms with Gasteiger partial charge in [0.15, 0.2) is 0 Å². The van der Waals surface area contributed by atoms with E-state index in [0.29, 0.717) is 4.47 Å². The minimum atomic E-state index is -0.0707. The van der Waals surface area contributed by atoms with Gasteiger partial charge in [0, 0.05) is 6.54 Å². The van der Waals surface area contributed by atoms with Gasteiger partial charge in [0.05, 0.1) is 17.9 Å². The van der Waals surface area contributed by atoms with Gasteiger partial charge in [0.2, 0.25) is 0 Å². The molecule has 1 fully saturated rings. The predicted octanol–water partition coefficient (Wildman–Crippen LogP) is 2.80. The second-order valence-corrected chi connectivity index (χ2v) is 5.69. The minimum absolute atomic E-state index is 0.0707. The van der Waals surface area contributed by atoms with Gasteiger partial charge < -0.3 is 5.32 Å². The average Bonchev–Trinajstić information content (AvgIpc) is 2.21. The van der Waals surface area contributed by atoms with Gasteiger partial charge in [0.1, 0.15) is 4.47 Å². The van der Waals surface area contributed by atoms with Crippen molar-refractivity contribution < 1.29 is 0 Å². The molecule has 0 unspecified atom stereocenters. The van der Waals surface area contributed by atoms with Crippen molar-refractivity contribution in [2.24, 2.45) is 5.92 Å². The molecule has 94 valence electrons. The molecule has 1 aliphatic carbocycles. The molecule has 1 aromatic heterocycles. The molecule has 0 atom stereocenters. The van der Waals surface area contributed by atoms with Crippen molar-refractivity contribution in [3.05, 3.63) is 21.0 Å². The Bertz CT molecular complexity index is 452. The maximum absolute atomic E-state index is 12.0. The predicted molar refractivity (Wildman–Crippen MR) is 72.4 cm³/mol. The second kappa shape index (κ2) is 5.21. The van der Waals surface area contributed by atoms with Crippen molar-refractivity contribution in [3.63, 3.8) is 0 Å². The lowest BCUT2D eigenvalue weighted by Gasteiger charge is -2.26. The molecule has 0 saturated heterocycles. The summed E-state index contributed by atoms with van der Waals surface area (Å²) in [6.07, 6.45) is 5.65. The van der Waals surface area contributed by atoms with E-state index in [-0.39, 0.29) is 11.6 Å². The fraction of sp³-hybridized carbons (Fsp3) is 0.667. The van der Waals surface area contributed by atoms with Gasteiger partial charge in [0.25, 0.3) is 5.56 Å². The van der Waals surface area contributed by atoms with Crippen LogP contribution >= 0.6 is 15.9 Å². The first-order chi connectivity index (χ1) is 8.09. The van der Waals surface area contributed by atoms with Gasteiger partial charge in [-0.1, -0.05) is 6.42 Å². The number of nitrogens with zero attached hydrogens (tertiary/aromatic N) is 2. The number of anilines is 1. The Morgan fingerprint density at radius 3 is 2.82 bits per heavy atom. The fourth-order valence-corrected chi connectivity index (χ4v) is 2.31. The van der Waals surface area contributed by atoms with E-state index in [1.807, 2.05) is 13.8 Å². The highest BCUT2D eigenvalue weighted by Crippen LogP contribution is 2.27. The van der Waals surface area contributed by atoms with E-state index in [2.05, 4.69) is 26.3 Å². The van der Waals surface area contributed by atoms with E-state index in [1.165, 1.54) is 23.9 Å². The monoisotopic (exact) mass is 299 g/mol. The Balaban J connectivity index is 2.12. The third kappa shape index (κ3) is 2.70. The molecule has 1 heterocycles. The number of aromatic nitrogens is 2. The number of hydrogen-bond donors (Lipinski definition) is 1. The summed E-state index contributed by atoms with van der Waals surface area (Å²) in [4.78, 5) is 12.0. The number of halogens is 1. The summed E-state index contributed by atoms with van der Waals surface area (Å²) in [6.45, 7) is 4.83. The zero-order chi connectivity index (χ0) is 12.4. The summed E-state index contributed by atoms with van der Waals surface area (Å²) < 4.78 is 2.07. The second-order valence-electron chi connectivity index (χ2n) is 4.89. The fourth-order valence-electron chi connectivity index (χ4n) is 1.89. The first kappa shape index (κ1) is 12.6. The van der Waals surface area contributed by atoms with E-state index in [0.717, 1.165) is 18.2 Å². The number of rotatable bonds is 4. The van der Waals surface area contributed by atoms with Crippen molar-refractivity contribution in [1.82, 2.24) is 9.78 Å². The summed E-state index contributed by atoms with van der Waals surface area (Å²) in [6, 6.07) is 0.0829. The van der Waals surface area contributed by atoms with Gasteiger partial charge in [-0.05, 0) is 48.5 Å². The quantitative estimate of drug-likeness (QED) is 0.930. The van der Waals surface area contributed by atoms with E-state index < -0.39 is 0 Å². The standard InChI is InChI=1S/C12H18BrN3O/c1-8(2)16-12(17)11(13)10(7-15-16)14-6-9-4-3-5-9/h7-9,14H,3-6H2,1-2H3. The van der Waals surface area contributed by atoms with Crippen molar-refractivity contribution in [1.29, 1.82) is 0 Å². The highest BCUT2D eigenvalue weighted by molar-refractivity contribution is 9.10. The van der Waals surface area contributed by atoms with Crippen LogP contribution in [0.2, 0.25) is 0 Å². The SMILES string of the molecule is CC(C)n1ncc(NCC2CCC2)c(Br)c1=O. The van der Waals surface area contributed by atoms with Crippen molar-refractivity contribution in [2.45, 2.75) is 39.2 Å². The molecular weight excluding hydrogens is 282 g/mol. The molecule has 1 N–H and O–H groups in total. The Labute approximate surface area is 110 Å². The molecule has 2 rings (SSSR count). The molecule has 5 heteroatoms. The van der Waals surface area contributed by atoms with Crippen molar-refractivity contribution >= 4 is 21.6 Å². The summed E-state index contributed by atoms with van der Waals surface area (Å²) in [5.74, 6) is 0.759. The molecule has 0 aliphatic heterocycles. The molecule has 4 nitrogen and oxygen atoms in total. The Morgan fingerprint density at radius 2 is 2.29 bits per heavy atom. The van der Waals surface area contributed by atoms with Crippen LogP contribution in [0.25, 0.3) is 0 Å². The number of nitrogens with one attached hydrogen (secondary N) is 1. The van der Waals surface area contributed by atoms with Gasteiger partial charge in [-0.25, -0.2) is 4.68 Å². The molecule has 0 aromatic carbocycles. The Hall–Kier alpha value is -0.840. The van der Waals surface area contributed by atoms with E-state index in [1.54, 1.807) is 6.20 Å². The van der Waals surface area contributed by atoms with Crippen LogP contribution in [-0.4, -0.2) is 16.3 Å². The molecule has 0 amide bonds. The van der Waals surface area contributed by atoms with E-state index in [4.69, 9.17) is 0 Å². The molecule has 0 radical (unpaired) electrons. The van der Waals surface area contributed by atoms with Crippen LogP contribution in [0.15, 0.2) is 15.5 Å². The molecule has 0 spiro atoms. The summed E-state index contributed by atoms with van der Waals surface area (Å²) in [7, 11) is 0. The summed E-state index contributed by atoms with van der Waals surface area (Å²) in [5, 5.41) is 7.47. The van der Waals surface area contributed by atoms with Gasteiger partial charge in [-0.2, -0.15) is 5.10 Å². The third-order valence-corrected chi connectivity index (χ3v) is 4.00. The Morgan fingerprint density at radius 1 is 1.59 bits per heavy atom. The molecule has 0 bridgehead atoms. The van der Waals surface area contributed by atoms with Gasteiger partial charge in [-0.3, -0.25) is 4.79 Å². The highest BCUT2D eigenvalue weighted by Gasteiger charge is 2.18.